The number of nitrogens with zero attached hydrogens (tertiary/aromatic N) is 2. The van der Waals surface area contributed by atoms with Crippen molar-refractivity contribution < 1.29 is 18.0 Å². The van der Waals surface area contributed by atoms with E-state index in [2.05, 4.69) is 15.3 Å². The van der Waals surface area contributed by atoms with Gasteiger partial charge in [-0.3, -0.25) is 9.78 Å². The predicted molar refractivity (Wildman–Crippen MR) is 78.8 cm³/mol. The quantitative estimate of drug-likeness (QED) is 0.865. The van der Waals surface area contributed by atoms with Crippen molar-refractivity contribution in [3.05, 3.63) is 29.7 Å². The number of aryl methyl sites for hydroxylation is 1. The molecule has 0 aromatic carbocycles. The van der Waals surface area contributed by atoms with Crippen LogP contribution in [0.4, 0.5) is 18.3 Å². The maximum absolute atomic E-state index is 13.1. The molecule has 0 bridgehead atoms. The first kappa shape index (κ1) is 16.4. The standard InChI is InChI=1S/C14H14F3N3OS/c1-8-11(22-12(20-8)19-7-21)9-4-5-18-10(6-9)13(2,3)14(15,16)17/h4-7H,1-3H3,(H,19,20,21). The van der Waals surface area contributed by atoms with Crippen molar-refractivity contribution in [2.45, 2.75) is 32.4 Å². The lowest BCUT2D eigenvalue weighted by Crippen LogP contribution is -2.37. The third kappa shape index (κ3) is 2.96. The number of hydrogen-bond acceptors (Lipinski definition) is 4. The van der Waals surface area contributed by atoms with Crippen molar-refractivity contribution in [3.8, 4) is 10.4 Å². The zero-order valence-electron chi connectivity index (χ0n) is 12.2. The molecule has 118 valence electrons. The van der Waals surface area contributed by atoms with Gasteiger partial charge in [-0.25, -0.2) is 4.98 Å². The number of halogens is 3. The van der Waals surface area contributed by atoms with E-state index in [1.165, 1.54) is 23.6 Å². The van der Waals surface area contributed by atoms with Gasteiger partial charge in [0.15, 0.2) is 5.13 Å². The van der Waals surface area contributed by atoms with Crippen LogP contribution in [0.3, 0.4) is 0 Å². The molecular weight excluding hydrogens is 315 g/mol. The molecule has 0 radical (unpaired) electrons. The van der Waals surface area contributed by atoms with Gasteiger partial charge >= 0.3 is 6.18 Å². The third-order valence-corrected chi connectivity index (χ3v) is 4.49. The second kappa shape index (κ2) is 5.68. The lowest BCUT2D eigenvalue weighted by molar-refractivity contribution is -0.181. The first-order chi connectivity index (χ1) is 10.2. The van der Waals surface area contributed by atoms with Crippen molar-refractivity contribution in [2.75, 3.05) is 5.32 Å². The van der Waals surface area contributed by atoms with Crippen LogP contribution in [0.1, 0.15) is 25.2 Å². The molecule has 22 heavy (non-hydrogen) atoms. The molecule has 0 saturated heterocycles. The van der Waals surface area contributed by atoms with E-state index in [9.17, 15) is 18.0 Å². The Bertz CT molecular complexity index is 695. The van der Waals surface area contributed by atoms with Gasteiger partial charge in [0, 0.05) is 6.20 Å². The summed E-state index contributed by atoms with van der Waals surface area (Å²) in [4.78, 5) is 19.2. The number of hydrogen-bond donors (Lipinski definition) is 1. The fourth-order valence-electron chi connectivity index (χ4n) is 1.84. The molecular formula is C14H14F3N3OS. The summed E-state index contributed by atoms with van der Waals surface area (Å²) in [7, 11) is 0. The van der Waals surface area contributed by atoms with Crippen molar-refractivity contribution >= 4 is 22.9 Å². The molecule has 0 aliphatic rings. The molecule has 0 aliphatic heterocycles. The monoisotopic (exact) mass is 329 g/mol. The van der Waals surface area contributed by atoms with Crippen LogP contribution in [0.25, 0.3) is 10.4 Å². The SMILES string of the molecule is Cc1nc(NC=O)sc1-c1ccnc(C(C)(C)C(F)(F)F)c1. The van der Waals surface area contributed by atoms with Gasteiger partial charge in [-0.15, -0.1) is 0 Å². The lowest BCUT2D eigenvalue weighted by atomic mass is 9.87. The molecule has 0 unspecified atom stereocenters. The largest absolute Gasteiger partial charge is 0.399 e. The van der Waals surface area contributed by atoms with Crippen LogP contribution >= 0.6 is 11.3 Å². The Morgan fingerprint density at radius 1 is 1.32 bits per heavy atom. The van der Waals surface area contributed by atoms with Crippen LogP contribution in [0, 0.1) is 6.92 Å². The molecule has 2 aromatic heterocycles. The highest BCUT2D eigenvalue weighted by Crippen LogP contribution is 2.41. The molecule has 8 heteroatoms. The van der Waals surface area contributed by atoms with E-state index in [-0.39, 0.29) is 5.69 Å². The molecule has 2 rings (SSSR count). The Hall–Kier alpha value is -1.96. The van der Waals surface area contributed by atoms with Crippen LogP contribution in [0.15, 0.2) is 18.3 Å². The second-order valence-corrected chi connectivity index (χ2v) is 6.25. The van der Waals surface area contributed by atoms with E-state index in [1.807, 2.05) is 0 Å². The van der Waals surface area contributed by atoms with Gasteiger partial charge in [0.05, 0.1) is 16.3 Å². The summed E-state index contributed by atoms with van der Waals surface area (Å²) in [6.07, 6.45) is -2.54. The molecule has 0 saturated carbocycles. The minimum absolute atomic E-state index is 0.0600. The lowest BCUT2D eigenvalue weighted by Gasteiger charge is -2.27. The van der Waals surface area contributed by atoms with E-state index in [0.29, 0.717) is 27.7 Å². The van der Waals surface area contributed by atoms with Crippen LogP contribution in [0.2, 0.25) is 0 Å². The number of nitrogens with one attached hydrogen (secondary N) is 1. The zero-order valence-corrected chi connectivity index (χ0v) is 13.0. The average Bonchev–Trinajstić information content (AvgIpc) is 2.79. The molecule has 0 aliphatic carbocycles. The van der Waals surface area contributed by atoms with Gasteiger partial charge in [-0.1, -0.05) is 11.3 Å². The minimum Gasteiger partial charge on any atom is -0.305 e. The second-order valence-electron chi connectivity index (χ2n) is 5.25. The maximum Gasteiger partial charge on any atom is 0.399 e. The Kier molecular flexibility index (Phi) is 4.23. The Labute approximate surface area is 129 Å². The summed E-state index contributed by atoms with van der Waals surface area (Å²) in [5.41, 5.74) is -0.881. The summed E-state index contributed by atoms with van der Waals surface area (Å²) in [6.45, 7) is 3.92. The Balaban J connectivity index is 2.47. The number of aromatic nitrogens is 2. The van der Waals surface area contributed by atoms with Crippen molar-refractivity contribution in [1.82, 2.24) is 9.97 Å². The molecule has 1 amide bonds. The summed E-state index contributed by atoms with van der Waals surface area (Å²) in [5, 5.41) is 2.84. The van der Waals surface area contributed by atoms with Gasteiger partial charge < -0.3 is 5.32 Å². The number of pyridine rings is 1. The Morgan fingerprint density at radius 2 is 2.00 bits per heavy atom. The number of carbonyl (C=O) groups excluding carboxylic acids is 1. The highest BCUT2D eigenvalue weighted by molar-refractivity contribution is 7.19. The van der Waals surface area contributed by atoms with E-state index >= 15 is 0 Å². The third-order valence-electron chi connectivity index (χ3n) is 3.35. The predicted octanol–water partition coefficient (Wildman–Crippen LogP) is 3.92. The molecule has 2 heterocycles. The fourth-order valence-corrected chi connectivity index (χ4v) is 2.76. The number of rotatable bonds is 4. The molecule has 0 spiro atoms. The Morgan fingerprint density at radius 3 is 2.59 bits per heavy atom. The van der Waals surface area contributed by atoms with E-state index in [0.717, 1.165) is 13.8 Å². The van der Waals surface area contributed by atoms with Crippen molar-refractivity contribution in [2.24, 2.45) is 0 Å². The first-order valence-corrected chi connectivity index (χ1v) is 7.19. The van der Waals surface area contributed by atoms with E-state index in [4.69, 9.17) is 0 Å². The number of amides is 1. The molecule has 2 aromatic rings. The van der Waals surface area contributed by atoms with Crippen LogP contribution < -0.4 is 5.32 Å². The maximum atomic E-state index is 13.1. The van der Waals surface area contributed by atoms with Crippen LogP contribution in [-0.4, -0.2) is 22.6 Å². The van der Waals surface area contributed by atoms with E-state index < -0.39 is 11.6 Å². The zero-order chi connectivity index (χ0) is 16.5. The highest BCUT2D eigenvalue weighted by atomic mass is 32.1. The van der Waals surface area contributed by atoms with Gasteiger partial charge in [-0.2, -0.15) is 13.2 Å². The smallest absolute Gasteiger partial charge is 0.305 e. The number of alkyl halides is 3. The number of thiazole rings is 1. The van der Waals surface area contributed by atoms with Gasteiger partial charge in [0.2, 0.25) is 6.41 Å². The number of anilines is 1. The van der Waals surface area contributed by atoms with E-state index in [1.54, 1.807) is 13.0 Å². The average molecular weight is 329 g/mol. The normalized spacial score (nSPS) is 12.3. The van der Waals surface area contributed by atoms with Crippen molar-refractivity contribution in [3.63, 3.8) is 0 Å². The molecule has 1 N–H and O–H groups in total. The van der Waals surface area contributed by atoms with Gasteiger partial charge in [0.25, 0.3) is 0 Å². The van der Waals surface area contributed by atoms with Crippen molar-refractivity contribution in [1.29, 1.82) is 0 Å². The van der Waals surface area contributed by atoms with Crippen LogP contribution in [0.5, 0.6) is 0 Å². The summed E-state index contributed by atoms with van der Waals surface area (Å²) < 4.78 is 39.4. The van der Waals surface area contributed by atoms with Gasteiger partial charge in [-0.05, 0) is 38.5 Å². The topological polar surface area (TPSA) is 54.9 Å². The highest BCUT2D eigenvalue weighted by Gasteiger charge is 2.49. The fraction of sp³-hybridized carbons (Fsp3) is 0.357. The first-order valence-electron chi connectivity index (χ1n) is 6.38. The summed E-state index contributed by atoms with van der Waals surface area (Å²) in [6, 6.07) is 3.04. The molecule has 0 atom stereocenters. The minimum atomic E-state index is -4.40. The van der Waals surface area contributed by atoms with Crippen LogP contribution in [-0.2, 0) is 10.2 Å². The number of carbonyl (C=O) groups is 1. The molecule has 0 fully saturated rings. The molecule has 4 nitrogen and oxygen atoms in total. The summed E-state index contributed by atoms with van der Waals surface area (Å²) in [5.74, 6) is 0. The van der Waals surface area contributed by atoms with Gasteiger partial charge in [0.1, 0.15) is 5.41 Å². The summed E-state index contributed by atoms with van der Waals surface area (Å²) >= 11 is 1.20.